The molecule has 1 atom stereocenters. The Labute approximate surface area is 277 Å². The van der Waals surface area contributed by atoms with E-state index in [1.807, 2.05) is 0 Å². The van der Waals surface area contributed by atoms with Crippen molar-refractivity contribution in [3.05, 3.63) is 0 Å². The smallest absolute Gasteiger partial charge is 0.315 e. The van der Waals surface area contributed by atoms with Crippen LogP contribution in [0, 0.1) is 5.92 Å². The number of carbonyl (C=O) groups excluding carboxylic acids is 5. The minimum Gasteiger partial charge on any atom is -0.347 e. The number of carbonyl (C=O) groups is 5. The molecule has 1 heterocycles. The van der Waals surface area contributed by atoms with E-state index in [1.165, 1.54) is 17.7 Å². The van der Waals surface area contributed by atoms with E-state index in [9.17, 15) is 32.4 Å². The van der Waals surface area contributed by atoms with Crippen LogP contribution in [0.15, 0.2) is 0 Å². The number of nitrogens with one attached hydrogen (secondary N) is 4. The third-order valence-corrected chi connectivity index (χ3v) is 10.8. The van der Waals surface area contributed by atoms with E-state index in [0.29, 0.717) is 32.2 Å². The molecule has 0 aromatic carbocycles. The Bertz CT molecular complexity index is 1120. The van der Waals surface area contributed by atoms with E-state index in [4.69, 9.17) is 0 Å². The first-order chi connectivity index (χ1) is 21.4. The summed E-state index contributed by atoms with van der Waals surface area (Å²) in [6.07, 6.45) is 8.95. The minimum atomic E-state index is -3.49. The normalized spacial score (nSPS) is 19.1. The number of rotatable bonds is 11. The summed E-state index contributed by atoms with van der Waals surface area (Å²) in [6.45, 7) is 15.3. The number of ketones is 1. The molecule has 1 saturated heterocycles. The quantitative estimate of drug-likeness (QED) is 0.243. The fraction of sp³-hybridized carbons (Fsp3) is 0.848. The molecule has 12 nitrogen and oxygen atoms in total. The van der Waals surface area contributed by atoms with Crippen molar-refractivity contribution in [1.82, 2.24) is 26.2 Å². The van der Waals surface area contributed by atoms with Crippen molar-refractivity contribution in [2.45, 2.75) is 148 Å². The Morgan fingerprint density at radius 3 is 1.91 bits per heavy atom. The van der Waals surface area contributed by atoms with Gasteiger partial charge in [0.05, 0.1) is 29.1 Å². The van der Waals surface area contributed by atoms with Crippen LogP contribution >= 0.6 is 0 Å². The number of hydrogen-bond acceptors (Lipinski definition) is 7. The summed E-state index contributed by atoms with van der Waals surface area (Å²) in [6, 6.07) is -1.39. The van der Waals surface area contributed by atoms with Crippen molar-refractivity contribution in [3.8, 4) is 0 Å². The van der Waals surface area contributed by atoms with Crippen molar-refractivity contribution < 1.29 is 32.4 Å². The highest BCUT2D eigenvalue weighted by atomic mass is 32.2. The van der Waals surface area contributed by atoms with E-state index in [0.717, 1.165) is 38.0 Å². The topological polar surface area (TPSA) is 171 Å². The summed E-state index contributed by atoms with van der Waals surface area (Å²) in [5.74, 6) is -1.80. The zero-order chi connectivity index (χ0) is 35.1. The number of Topliss-reactive ketones (excluding diaryl/α,β-unsaturated/α-hetero) is 1. The Hall–Kier alpha value is -2.70. The lowest BCUT2D eigenvalue weighted by Gasteiger charge is -2.39. The molecular weight excluding hydrogens is 610 g/mol. The third kappa shape index (κ3) is 14.8. The van der Waals surface area contributed by atoms with E-state index in [2.05, 4.69) is 55.9 Å². The number of nitrogens with zero attached hydrogens (tertiary/aromatic N) is 1. The van der Waals surface area contributed by atoms with Gasteiger partial charge in [-0.3, -0.25) is 19.2 Å². The van der Waals surface area contributed by atoms with Gasteiger partial charge in [0.15, 0.2) is 9.84 Å². The van der Waals surface area contributed by atoms with Gasteiger partial charge >= 0.3 is 6.03 Å². The third-order valence-electron chi connectivity index (χ3n) is 7.95. The van der Waals surface area contributed by atoms with Gasteiger partial charge in [-0.2, -0.15) is 0 Å². The van der Waals surface area contributed by atoms with Crippen molar-refractivity contribution in [2.24, 2.45) is 5.92 Å². The van der Waals surface area contributed by atoms with Gasteiger partial charge in [0.2, 0.25) is 17.6 Å². The number of amides is 5. The highest BCUT2D eigenvalue weighted by molar-refractivity contribution is 7.92. The summed E-state index contributed by atoms with van der Waals surface area (Å²) >= 11 is 0. The van der Waals surface area contributed by atoms with E-state index >= 15 is 0 Å². The van der Waals surface area contributed by atoms with Crippen LogP contribution in [0.5, 0.6) is 0 Å². The van der Waals surface area contributed by atoms with Gasteiger partial charge in [-0.05, 0) is 65.2 Å². The van der Waals surface area contributed by atoms with Crippen molar-refractivity contribution in [3.63, 3.8) is 0 Å². The maximum Gasteiger partial charge on any atom is 0.315 e. The molecule has 0 unspecified atom stereocenters. The fourth-order valence-electron chi connectivity index (χ4n) is 4.85. The van der Waals surface area contributed by atoms with Crippen LogP contribution in [-0.4, -0.2) is 90.6 Å². The second kappa shape index (κ2) is 19.2. The Balaban J connectivity index is 0.00000118. The van der Waals surface area contributed by atoms with Crippen LogP contribution in [0.25, 0.3) is 0 Å². The predicted octanol–water partition coefficient (Wildman–Crippen LogP) is 3.63. The zero-order valence-electron chi connectivity index (χ0n) is 29.6. The van der Waals surface area contributed by atoms with Crippen molar-refractivity contribution >= 4 is 39.4 Å². The molecule has 0 bridgehead atoms. The maximum absolute atomic E-state index is 12.9. The van der Waals surface area contributed by atoms with Gasteiger partial charge in [-0.25, -0.2) is 13.2 Å². The molecule has 1 aliphatic heterocycles. The molecule has 0 spiro atoms. The summed E-state index contributed by atoms with van der Waals surface area (Å²) < 4.78 is 24.9. The van der Waals surface area contributed by atoms with Crippen LogP contribution in [0.1, 0.15) is 126 Å². The molecular formula is C33H61N5O7S. The van der Waals surface area contributed by atoms with Crippen LogP contribution in [0.3, 0.4) is 0 Å². The number of urea groups is 1. The second-order valence-corrected chi connectivity index (χ2v) is 17.1. The Morgan fingerprint density at radius 2 is 1.41 bits per heavy atom. The largest absolute Gasteiger partial charge is 0.347 e. The summed E-state index contributed by atoms with van der Waals surface area (Å²) in [4.78, 5) is 63.3. The molecule has 4 N–H and O–H groups in total. The van der Waals surface area contributed by atoms with Gasteiger partial charge in [0.25, 0.3) is 5.91 Å². The molecule has 13 heteroatoms. The van der Waals surface area contributed by atoms with E-state index < -0.39 is 62.2 Å². The summed E-state index contributed by atoms with van der Waals surface area (Å²) in [5, 5.41) is 10.4. The lowest BCUT2D eigenvalue weighted by molar-refractivity contribution is -0.140. The molecule has 3 rings (SSSR count). The minimum absolute atomic E-state index is 0.0330. The second-order valence-electron chi connectivity index (χ2n) is 14.4. The molecule has 0 radical (unpaired) electrons. The average molecular weight is 672 g/mol. The van der Waals surface area contributed by atoms with Crippen LogP contribution in [-0.2, 0) is 29.0 Å². The first-order valence-corrected chi connectivity index (χ1v) is 18.7. The monoisotopic (exact) mass is 671 g/mol. The standard InChI is InChI=1S/C25H41N5O7S.2C4H10/c1-24(2,3)38(36,37)16-25(11-5-4-6-12-25)29-23(35)27-15-20(32)30-13-7-8-18(30)21(33)26-14-19(31)22(34)28-17-9-10-17;1-4(2)3;1-3-4-2/h17-18H,4-16H2,1-3H3,(H,26,33)(H,28,34)(H2,27,29,35);4H,1-3H3;3-4H2,1-2H3/t18-;;/m0../s1. The fourth-order valence-corrected chi connectivity index (χ4v) is 6.37. The van der Waals surface area contributed by atoms with Gasteiger partial charge in [0.1, 0.15) is 6.04 Å². The molecule has 266 valence electrons. The summed E-state index contributed by atoms with van der Waals surface area (Å²) in [7, 11) is -3.49. The van der Waals surface area contributed by atoms with Gasteiger partial charge < -0.3 is 26.2 Å². The highest BCUT2D eigenvalue weighted by Gasteiger charge is 2.42. The molecule has 46 heavy (non-hydrogen) atoms. The number of sulfone groups is 1. The molecule has 5 amide bonds. The van der Waals surface area contributed by atoms with Crippen molar-refractivity contribution in [1.29, 1.82) is 0 Å². The van der Waals surface area contributed by atoms with Crippen LogP contribution < -0.4 is 21.3 Å². The predicted molar refractivity (Wildman–Crippen MR) is 181 cm³/mol. The van der Waals surface area contributed by atoms with E-state index in [-0.39, 0.29) is 18.3 Å². The van der Waals surface area contributed by atoms with Gasteiger partial charge in [-0.1, -0.05) is 66.7 Å². The number of unbranched alkanes of at least 4 members (excludes halogenated alkanes) is 1. The summed E-state index contributed by atoms with van der Waals surface area (Å²) in [5.41, 5.74) is -0.897. The maximum atomic E-state index is 12.9. The molecule has 3 aliphatic rings. The van der Waals surface area contributed by atoms with Crippen LogP contribution in [0.4, 0.5) is 4.79 Å². The Kier molecular flexibility index (Phi) is 17.2. The van der Waals surface area contributed by atoms with Gasteiger partial charge in [-0.15, -0.1) is 0 Å². The zero-order valence-corrected chi connectivity index (χ0v) is 30.4. The van der Waals surface area contributed by atoms with Crippen LogP contribution in [0.2, 0.25) is 0 Å². The molecule has 3 fully saturated rings. The first kappa shape index (κ1) is 41.3. The van der Waals surface area contributed by atoms with Crippen molar-refractivity contribution in [2.75, 3.05) is 25.4 Å². The molecule has 0 aromatic heterocycles. The SMILES string of the molecule is CC(C)(C)S(=O)(=O)CC1(NC(=O)NCC(=O)N2CCC[C@H]2C(=O)NCC(=O)C(=O)NC2CC2)CCCCC1.CC(C)C.CCCC. The lowest BCUT2D eigenvalue weighted by Crippen LogP contribution is -2.59. The highest BCUT2D eigenvalue weighted by Crippen LogP contribution is 2.32. The lowest BCUT2D eigenvalue weighted by atomic mass is 9.83. The number of hydrogen-bond donors (Lipinski definition) is 4. The number of likely N-dealkylation sites (tertiary alicyclic amines) is 1. The van der Waals surface area contributed by atoms with Gasteiger partial charge in [0, 0.05) is 12.6 Å². The first-order valence-electron chi connectivity index (χ1n) is 17.1. The molecule has 0 aromatic rings. The van der Waals surface area contributed by atoms with E-state index in [1.54, 1.807) is 20.8 Å². The molecule has 2 saturated carbocycles. The molecule has 2 aliphatic carbocycles. The Morgan fingerprint density at radius 1 is 0.848 bits per heavy atom. The average Bonchev–Trinajstić information content (AvgIpc) is 3.64.